The third-order valence-electron chi connectivity index (χ3n) is 5.78. The van der Waals surface area contributed by atoms with Crippen LogP contribution in [0.5, 0.6) is 0 Å². The lowest BCUT2D eigenvalue weighted by atomic mass is 9.94. The van der Waals surface area contributed by atoms with Gasteiger partial charge in [0.15, 0.2) is 0 Å². The highest BCUT2D eigenvalue weighted by molar-refractivity contribution is 6.09. The van der Waals surface area contributed by atoms with E-state index in [-0.39, 0.29) is 29.7 Å². The van der Waals surface area contributed by atoms with E-state index in [9.17, 15) is 23.2 Å². The van der Waals surface area contributed by atoms with Crippen LogP contribution in [0.2, 0.25) is 0 Å². The van der Waals surface area contributed by atoms with E-state index >= 15 is 0 Å². The molecule has 200 valence electrons. The molecular weight excluding hydrogens is 497 g/mol. The molecule has 2 aromatic rings. The van der Waals surface area contributed by atoms with Gasteiger partial charge in [-0.1, -0.05) is 18.2 Å². The first-order valence-corrected chi connectivity index (χ1v) is 11.9. The Hall–Kier alpha value is -4.17. The van der Waals surface area contributed by atoms with Crippen LogP contribution in [-0.4, -0.2) is 49.9 Å². The van der Waals surface area contributed by atoms with Crippen molar-refractivity contribution in [3.8, 4) is 6.07 Å². The highest BCUT2D eigenvalue weighted by Crippen LogP contribution is 2.39. The van der Waals surface area contributed by atoms with Crippen molar-refractivity contribution in [2.24, 2.45) is 15.7 Å². The molecule has 11 heteroatoms. The van der Waals surface area contributed by atoms with Crippen LogP contribution in [0.15, 0.2) is 69.8 Å². The zero-order chi connectivity index (χ0) is 28.0. The number of anilines is 1. The molecule has 0 amide bonds. The van der Waals surface area contributed by atoms with Gasteiger partial charge in [-0.05, 0) is 63.8 Å². The van der Waals surface area contributed by atoms with E-state index in [1.807, 2.05) is 25.1 Å². The van der Waals surface area contributed by atoms with Crippen molar-refractivity contribution in [3.05, 3.63) is 76.5 Å². The Morgan fingerprint density at radius 2 is 1.92 bits per heavy atom. The maximum Gasteiger partial charge on any atom is 0.416 e. The molecule has 0 bridgehead atoms. The molecule has 0 aliphatic carbocycles. The number of hydrogen-bond donors (Lipinski definition) is 1. The quantitative estimate of drug-likeness (QED) is 0.320. The number of nitriles is 1. The van der Waals surface area contributed by atoms with E-state index in [1.165, 1.54) is 17.0 Å². The number of carbonyl (C=O) groups excluding carboxylic acids is 1. The maximum atomic E-state index is 13.6. The van der Waals surface area contributed by atoms with Gasteiger partial charge >= 0.3 is 12.1 Å². The summed E-state index contributed by atoms with van der Waals surface area (Å²) in [6, 6.07) is 12.4. The van der Waals surface area contributed by atoms with E-state index < -0.39 is 23.8 Å². The van der Waals surface area contributed by atoms with Crippen molar-refractivity contribution < 1.29 is 22.7 Å². The molecule has 2 N–H and O–H groups in total. The molecule has 2 aromatic carbocycles. The number of benzene rings is 2. The molecular formula is C27H29F3N6O2. The third kappa shape index (κ3) is 6.58. The summed E-state index contributed by atoms with van der Waals surface area (Å²) in [5.74, 6) is -0.412. The number of amidine groups is 1. The minimum Gasteiger partial charge on any atom is -0.463 e. The molecule has 0 saturated carbocycles. The number of alkyl halides is 3. The van der Waals surface area contributed by atoms with Crippen molar-refractivity contribution in [1.29, 1.82) is 5.26 Å². The van der Waals surface area contributed by atoms with Crippen molar-refractivity contribution in [3.63, 3.8) is 0 Å². The van der Waals surface area contributed by atoms with E-state index in [0.29, 0.717) is 29.8 Å². The minimum atomic E-state index is -4.58. The molecule has 3 rings (SSSR count). The lowest BCUT2D eigenvalue weighted by Gasteiger charge is -2.33. The summed E-state index contributed by atoms with van der Waals surface area (Å²) < 4.78 is 46.0. The average molecular weight is 527 g/mol. The number of carbonyl (C=O) groups is 1. The largest absolute Gasteiger partial charge is 0.463 e. The fraction of sp³-hybridized carbons (Fsp3) is 0.333. The summed E-state index contributed by atoms with van der Waals surface area (Å²) in [6.45, 7) is 3.94. The van der Waals surface area contributed by atoms with Crippen LogP contribution in [0.3, 0.4) is 0 Å². The number of rotatable bonds is 7. The summed E-state index contributed by atoms with van der Waals surface area (Å²) in [4.78, 5) is 25.6. The Morgan fingerprint density at radius 3 is 2.50 bits per heavy atom. The SMILES string of the molecule is CCOC(=O)C1=C(C)N(c2cccc(C(F)(F)F)c2)C(N=C(N)CCN(C)C)=NC1c1ccc(C#N)cc1. The van der Waals surface area contributed by atoms with Gasteiger partial charge in [0.2, 0.25) is 5.96 Å². The molecule has 1 unspecified atom stereocenters. The summed E-state index contributed by atoms with van der Waals surface area (Å²) in [5.41, 5.74) is 6.88. The number of aliphatic imine (C=N–C) groups is 2. The zero-order valence-corrected chi connectivity index (χ0v) is 21.6. The second-order valence-corrected chi connectivity index (χ2v) is 8.82. The Balaban J connectivity index is 2.25. The van der Waals surface area contributed by atoms with Crippen LogP contribution in [-0.2, 0) is 15.7 Å². The average Bonchev–Trinajstić information content (AvgIpc) is 2.87. The molecule has 0 spiro atoms. The Morgan fingerprint density at radius 1 is 1.24 bits per heavy atom. The Bertz CT molecular complexity index is 1310. The predicted molar refractivity (Wildman–Crippen MR) is 139 cm³/mol. The van der Waals surface area contributed by atoms with Gasteiger partial charge in [0.1, 0.15) is 11.9 Å². The third-order valence-corrected chi connectivity index (χ3v) is 5.78. The van der Waals surface area contributed by atoms with Crippen LogP contribution in [0.1, 0.15) is 43.0 Å². The number of esters is 1. The van der Waals surface area contributed by atoms with Gasteiger partial charge in [0.25, 0.3) is 0 Å². The number of allylic oxidation sites excluding steroid dienone is 1. The number of halogens is 3. The van der Waals surface area contributed by atoms with Crippen molar-refractivity contribution >= 4 is 23.5 Å². The fourth-order valence-corrected chi connectivity index (χ4v) is 3.89. The first kappa shape index (κ1) is 28.4. The van der Waals surface area contributed by atoms with Crippen LogP contribution < -0.4 is 10.6 Å². The molecule has 0 fully saturated rings. The second-order valence-electron chi connectivity index (χ2n) is 8.82. The molecule has 8 nitrogen and oxygen atoms in total. The molecule has 1 aliphatic rings. The standard InChI is InChI=1S/C27H29F3N6O2/c1-5-38-25(37)23-17(2)36(21-8-6-7-20(15-21)27(28,29)30)26(33-22(32)13-14-35(3)4)34-24(23)19-11-9-18(16-31)10-12-19/h6-12,15,24H,5,13-14H2,1-4H3,(H2,32,33,34). The number of guanidine groups is 1. The first-order valence-electron chi connectivity index (χ1n) is 11.9. The number of hydrogen-bond acceptors (Lipinski definition) is 7. The van der Waals surface area contributed by atoms with E-state index in [4.69, 9.17) is 15.5 Å². The predicted octanol–water partition coefficient (Wildman–Crippen LogP) is 4.64. The fourth-order valence-electron chi connectivity index (χ4n) is 3.89. The van der Waals surface area contributed by atoms with Gasteiger partial charge in [0.05, 0.1) is 29.4 Å². The maximum absolute atomic E-state index is 13.6. The summed E-state index contributed by atoms with van der Waals surface area (Å²) >= 11 is 0. The van der Waals surface area contributed by atoms with E-state index in [2.05, 4.69) is 4.99 Å². The van der Waals surface area contributed by atoms with Gasteiger partial charge in [-0.25, -0.2) is 14.8 Å². The summed E-state index contributed by atoms with van der Waals surface area (Å²) in [5, 5.41) is 9.18. The smallest absolute Gasteiger partial charge is 0.416 e. The Labute approximate surface area is 219 Å². The van der Waals surface area contributed by atoms with Gasteiger partial charge in [-0.3, -0.25) is 4.90 Å². The minimum absolute atomic E-state index is 0.0282. The van der Waals surface area contributed by atoms with Gasteiger partial charge in [0, 0.05) is 24.4 Å². The van der Waals surface area contributed by atoms with Gasteiger partial charge in [-0.2, -0.15) is 18.4 Å². The molecule has 0 aromatic heterocycles. The lowest BCUT2D eigenvalue weighted by Crippen LogP contribution is -2.37. The molecule has 1 aliphatic heterocycles. The normalized spacial score (nSPS) is 16.4. The second kappa shape index (κ2) is 11.9. The Kier molecular flexibility index (Phi) is 8.91. The molecule has 1 heterocycles. The lowest BCUT2D eigenvalue weighted by molar-refractivity contribution is -0.139. The zero-order valence-electron chi connectivity index (χ0n) is 21.6. The van der Waals surface area contributed by atoms with Crippen molar-refractivity contribution in [2.75, 3.05) is 32.1 Å². The number of ether oxygens (including phenoxy) is 1. The van der Waals surface area contributed by atoms with Crippen molar-refractivity contribution in [1.82, 2.24) is 4.90 Å². The van der Waals surface area contributed by atoms with Gasteiger partial charge < -0.3 is 15.4 Å². The van der Waals surface area contributed by atoms with Gasteiger partial charge in [-0.15, -0.1) is 0 Å². The highest BCUT2D eigenvalue weighted by Gasteiger charge is 2.36. The molecule has 1 atom stereocenters. The summed E-state index contributed by atoms with van der Waals surface area (Å²) in [7, 11) is 3.75. The number of nitrogens with zero attached hydrogens (tertiary/aromatic N) is 5. The van der Waals surface area contributed by atoms with Crippen LogP contribution >= 0.6 is 0 Å². The van der Waals surface area contributed by atoms with E-state index in [1.54, 1.807) is 38.1 Å². The highest BCUT2D eigenvalue weighted by atomic mass is 19.4. The van der Waals surface area contributed by atoms with Crippen LogP contribution in [0.4, 0.5) is 18.9 Å². The van der Waals surface area contributed by atoms with Crippen LogP contribution in [0.25, 0.3) is 0 Å². The summed E-state index contributed by atoms with van der Waals surface area (Å²) in [6.07, 6.45) is -4.19. The first-order chi connectivity index (χ1) is 18.0. The van der Waals surface area contributed by atoms with Crippen LogP contribution in [0, 0.1) is 11.3 Å². The molecule has 38 heavy (non-hydrogen) atoms. The van der Waals surface area contributed by atoms with E-state index in [0.717, 1.165) is 12.1 Å². The number of nitrogens with two attached hydrogens (primary N) is 1. The topological polar surface area (TPSA) is 107 Å². The van der Waals surface area contributed by atoms with Crippen molar-refractivity contribution in [2.45, 2.75) is 32.5 Å². The molecule has 0 saturated heterocycles. The molecule has 0 radical (unpaired) electrons. The monoisotopic (exact) mass is 526 g/mol.